The fourth-order valence-electron chi connectivity index (χ4n) is 17.0. The van der Waals surface area contributed by atoms with Gasteiger partial charge in [0.1, 0.15) is 0 Å². The Morgan fingerprint density at radius 1 is 0.526 bits per heavy atom. The molecule has 57 heavy (non-hydrogen) atoms. The minimum atomic E-state index is -0.117. The van der Waals surface area contributed by atoms with Crippen LogP contribution in [0.25, 0.3) is 22.3 Å². The van der Waals surface area contributed by atoms with E-state index in [-0.39, 0.29) is 10.8 Å². The maximum atomic E-state index is 2.69. The predicted octanol–water partition coefficient (Wildman–Crippen LogP) is 14.6. The third kappa shape index (κ3) is 4.70. The third-order valence-corrected chi connectivity index (χ3v) is 18.6. The topological polar surface area (TPSA) is 3.24 Å². The zero-order valence-electron chi connectivity index (χ0n) is 34.9. The molecule has 4 aromatic carbocycles. The SMILES string of the molecule is CC1(C)c2ccccc2-c2c1ccc1c2C(C)(C)c2cc(N(C3=CCC(C45CC6CC(CC(C6)C4)C5)C=C3)c3ccc(C45CC6CC(CC(C6)C4)C5)cc3)ccc2-1. The molecule has 1 heteroatoms. The minimum Gasteiger partial charge on any atom is -0.311 e. The maximum Gasteiger partial charge on any atom is 0.0464 e. The minimum absolute atomic E-state index is 0.00390. The van der Waals surface area contributed by atoms with Gasteiger partial charge in [-0.25, -0.2) is 0 Å². The molecule has 0 aliphatic heterocycles. The Hall–Kier alpha value is -3.84. The lowest BCUT2D eigenvalue weighted by Gasteiger charge is -2.59. The Balaban J connectivity index is 0.897. The van der Waals surface area contributed by atoms with Crippen LogP contribution in [0, 0.1) is 46.8 Å². The van der Waals surface area contributed by atoms with Crippen molar-refractivity contribution in [2.45, 2.75) is 127 Å². The van der Waals surface area contributed by atoms with Crippen LogP contribution in [0.3, 0.4) is 0 Å². The van der Waals surface area contributed by atoms with Crippen molar-refractivity contribution in [3.05, 3.63) is 131 Å². The fourth-order valence-corrected chi connectivity index (χ4v) is 17.0. The molecule has 8 saturated carbocycles. The van der Waals surface area contributed by atoms with Crippen molar-refractivity contribution in [2.75, 3.05) is 4.90 Å². The predicted molar refractivity (Wildman–Crippen MR) is 236 cm³/mol. The molecule has 0 heterocycles. The number of benzene rings is 4. The zero-order valence-corrected chi connectivity index (χ0v) is 34.9. The highest BCUT2D eigenvalue weighted by Crippen LogP contribution is 2.65. The van der Waals surface area contributed by atoms with Gasteiger partial charge in [0.05, 0.1) is 0 Å². The Morgan fingerprint density at radius 3 is 1.75 bits per heavy atom. The van der Waals surface area contributed by atoms with E-state index in [1.807, 2.05) is 0 Å². The van der Waals surface area contributed by atoms with E-state index in [2.05, 4.69) is 130 Å². The second kappa shape index (κ2) is 11.5. The number of hydrogen-bond acceptors (Lipinski definition) is 1. The van der Waals surface area contributed by atoms with Gasteiger partial charge in [0.2, 0.25) is 0 Å². The Bertz CT molecular complexity index is 2340. The first-order chi connectivity index (χ1) is 27.6. The molecule has 290 valence electrons. The summed E-state index contributed by atoms with van der Waals surface area (Å²) in [6.07, 6.45) is 26.9. The van der Waals surface area contributed by atoms with E-state index in [4.69, 9.17) is 0 Å². The van der Waals surface area contributed by atoms with Crippen molar-refractivity contribution in [1.29, 1.82) is 0 Å². The number of fused-ring (bicyclic) bond motifs is 7. The van der Waals surface area contributed by atoms with Crippen molar-refractivity contribution in [2.24, 2.45) is 46.8 Å². The number of allylic oxidation sites excluding steroid dienone is 3. The van der Waals surface area contributed by atoms with Crippen LogP contribution in [0.5, 0.6) is 0 Å². The average molecular weight is 748 g/mol. The smallest absolute Gasteiger partial charge is 0.0464 e. The van der Waals surface area contributed by atoms with Gasteiger partial charge in [-0.3, -0.25) is 0 Å². The summed E-state index contributed by atoms with van der Waals surface area (Å²) in [7, 11) is 0. The van der Waals surface area contributed by atoms with Crippen molar-refractivity contribution >= 4 is 11.4 Å². The highest BCUT2D eigenvalue weighted by atomic mass is 15.1. The molecule has 0 amide bonds. The molecule has 0 N–H and O–H groups in total. The molecule has 8 fully saturated rings. The lowest BCUT2D eigenvalue weighted by Crippen LogP contribution is -2.49. The second-order valence-corrected chi connectivity index (χ2v) is 22.6. The summed E-state index contributed by atoms with van der Waals surface area (Å²) in [5, 5.41) is 0. The molecule has 1 unspecified atom stereocenters. The summed E-state index contributed by atoms with van der Waals surface area (Å²) in [6, 6.07) is 31.7. The molecule has 15 rings (SSSR count). The van der Waals surface area contributed by atoms with Gasteiger partial charge in [0.25, 0.3) is 0 Å². The molecule has 0 aromatic heterocycles. The Morgan fingerprint density at radius 2 is 1.12 bits per heavy atom. The molecule has 0 spiro atoms. The number of rotatable bonds is 5. The summed E-state index contributed by atoms with van der Waals surface area (Å²) in [4.78, 5) is 2.64. The van der Waals surface area contributed by atoms with Crippen LogP contribution in [0.1, 0.15) is 139 Å². The van der Waals surface area contributed by atoms with E-state index in [9.17, 15) is 0 Å². The number of anilines is 2. The monoisotopic (exact) mass is 747 g/mol. The first kappa shape index (κ1) is 34.1. The Kier molecular flexibility index (Phi) is 6.85. The van der Waals surface area contributed by atoms with Crippen LogP contribution in [0.15, 0.2) is 103 Å². The van der Waals surface area contributed by atoms with E-state index in [0.717, 1.165) is 35.5 Å². The molecule has 11 aliphatic rings. The van der Waals surface area contributed by atoms with Gasteiger partial charge in [-0.1, -0.05) is 94.4 Å². The van der Waals surface area contributed by atoms with Crippen LogP contribution < -0.4 is 4.90 Å². The van der Waals surface area contributed by atoms with E-state index in [1.165, 1.54) is 145 Å². The van der Waals surface area contributed by atoms with Gasteiger partial charge < -0.3 is 4.90 Å². The fraction of sp³-hybridized carbons (Fsp3) is 0.500. The maximum absolute atomic E-state index is 2.69. The van der Waals surface area contributed by atoms with Gasteiger partial charge in [-0.2, -0.15) is 0 Å². The van der Waals surface area contributed by atoms with Crippen LogP contribution in [0.4, 0.5) is 11.4 Å². The summed E-state index contributed by atoms with van der Waals surface area (Å²) in [6.45, 7) is 9.83. The van der Waals surface area contributed by atoms with Gasteiger partial charge in [-0.15, -0.1) is 0 Å². The number of nitrogens with zero attached hydrogens (tertiary/aromatic N) is 1. The van der Waals surface area contributed by atoms with E-state index in [0.29, 0.717) is 16.7 Å². The van der Waals surface area contributed by atoms with E-state index >= 15 is 0 Å². The van der Waals surface area contributed by atoms with Crippen molar-refractivity contribution in [3.63, 3.8) is 0 Å². The van der Waals surface area contributed by atoms with E-state index in [1.54, 1.807) is 5.56 Å². The van der Waals surface area contributed by atoms with Crippen LogP contribution >= 0.6 is 0 Å². The first-order valence-electron chi connectivity index (χ1n) is 23.3. The highest BCUT2D eigenvalue weighted by Gasteiger charge is 2.54. The van der Waals surface area contributed by atoms with Crippen LogP contribution in [0.2, 0.25) is 0 Å². The molecule has 11 aliphatic carbocycles. The molecule has 1 atom stereocenters. The third-order valence-electron chi connectivity index (χ3n) is 18.6. The molecular formula is C56H61N. The molecule has 8 bridgehead atoms. The van der Waals surface area contributed by atoms with Gasteiger partial charge >= 0.3 is 0 Å². The van der Waals surface area contributed by atoms with E-state index < -0.39 is 0 Å². The summed E-state index contributed by atoms with van der Waals surface area (Å²) < 4.78 is 0. The Labute approximate surface area is 342 Å². The largest absolute Gasteiger partial charge is 0.311 e. The molecule has 0 radical (unpaired) electrons. The summed E-state index contributed by atoms with van der Waals surface area (Å²) >= 11 is 0. The molecule has 0 saturated heterocycles. The van der Waals surface area contributed by atoms with Crippen LogP contribution in [-0.4, -0.2) is 0 Å². The zero-order chi connectivity index (χ0) is 38.1. The first-order valence-corrected chi connectivity index (χ1v) is 23.3. The number of hydrogen-bond donors (Lipinski definition) is 0. The van der Waals surface area contributed by atoms with Crippen molar-refractivity contribution in [3.8, 4) is 22.3 Å². The second-order valence-electron chi connectivity index (χ2n) is 22.6. The summed E-state index contributed by atoms with van der Waals surface area (Å²) in [5.41, 5.74) is 18.2. The quantitative estimate of drug-likeness (QED) is 0.196. The van der Waals surface area contributed by atoms with Crippen LogP contribution in [-0.2, 0) is 16.2 Å². The lowest BCUT2D eigenvalue weighted by atomic mass is 9.46. The standard InChI is InChI=1S/C56H61N/c1-53(2)48-8-6-5-7-47(48)51-49(53)20-19-46-45-18-17-44(27-50(45)54(3,4)52(46)51)57(42-13-9-40(10-14-42)55-28-34-21-35(29-55)23-36(22-34)30-55)43-15-11-41(12-16-43)56-31-37-24-38(32-56)26-39(25-37)33-56/h5-11,13-20,27,34-39,41H,12,21-26,28-33H2,1-4H3. The molecular weight excluding hydrogens is 687 g/mol. The average Bonchev–Trinajstić information content (AvgIpc) is 3.57. The van der Waals surface area contributed by atoms with Crippen molar-refractivity contribution in [1.82, 2.24) is 0 Å². The molecule has 1 nitrogen and oxygen atoms in total. The van der Waals surface area contributed by atoms with Crippen molar-refractivity contribution < 1.29 is 0 Å². The summed E-state index contributed by atoms with van der Waals surface area (Å²) in [5.74, 6) is 6.58. The van der Waals surface area contributed by atoms with Gasteiger partial charge in [0.15, 0.2) is 0 Å². The van der Waals surface area contributed by atoms with Gasteiger partial charge in [0, 0.05) is 27.9 Å². The normalized spacial score (nSPS) is 36.1. The highest BCUT2D eigenvalue weighted by molar-refractivity contribution is 5.94. The molecule has 4 aromatic rings. The lowest BCUT2D eigenvalue weighted by molar-refractivity contribution is -0.0760. The van der Waals surface area contributed by atoms with Gasteiger partial charge in [-0.05, 0) is 216 Å².